The lowest BCUT2D eigenvalue weighted by Crippen LogP contribution is -2.52. The molecular weight excluding hydrogens is 472 g/mol. The molecule has 1 amide bonds. The molecule has 0 bridgehead atoms. The third-order valence-electron chi connectivity index (χ3n) is 6.32. The van der Waals surface area contributed by atoms with Gasteiger partial charge in [0.05, 0.1) is 36.8 Å². The third kappa shape index (κ3) is 4.99. The van der Waals surface area contributed by atoms with Crippen molar-refractivity contribution in [2.45, 2.75) is 37.7 Å². The van der Waals surface area contributed by atoms with Crippen molar-refractivity contribution in [1.82, 2.24) is 4.31 Å². The lowest BCUT2D eigenvalue weighted by atomic mass is 9.97. The molecule has 2 aliphatic heterocycles. The number of anilines is 1. The summed E-state index contributed by atoms with van der Waals surface area (Å²) in [6.07, 6.45) is 0.155. The van der Waals surface area contributed by atoms with E-state index in [4.69, 9.17) is 14.2 Å². The van der Waals surface area contributed by atoms with Gasteiger partial charge in [-0.05, 0) is 62.6 Å². The summed E-state index contributed by atoms with van der Waals surface area (Å²) >= 11 is 0. The molecule has 9 nitrogen and oxygen atoms in total. The number of piperidine rings is 1. The molecule has 2 aromatic rings. The maximum atomic E-state index is 13.6. The Balaban J connectivity index is 1.56. The van der Waals surface area contributed by atoms with Crippen molar-refractivity contribution in [2.24, 2.45) is 5.92 Å². The number of fused-ring (bicyclic) bond motifs is 1. The van der Waals surface area contributed by atoms with Gasteiger partial charge in [-0.15, -0.1) is 0 Å². The Hall–Kier alpha value is -3.11. The molecule has 0 saturated carbocycles. The minimum absolute atomic E-state index is 0.00382. The van der Waals surface area contributed by atoms with Crippen molar-refractivity contribution in [3.05, 3.63) is 48.0 Å². The number of esters is 1. The minimum atomic E-state index is -3.79. The molecule has 0 N–H and O–H groups in total. The SMILES string of the molecule is CCOc1ccc(S(=O)(=O)N2CCC[C@H](C(=O)N3C[C@@H](C(=O)OC)Oc4ccccc43)C2)cc1C. The monoisotopic (exact) mass is 502 g/mol. The van der Waals surface area contributed by atoms with E-state index in [1.54, 1.807) is 43.3 Å². The Labute approximate surface area is 205 Å². The Kier molecular flexibility index (Phi) is 7.32. The summed E-state index contributed by atoms with van der Waals surface area (Å²) in [5.74, 6) is -0.308. The van der Waals surface area contributed by atoms with Crippen LogP contribution in [0.25, 0.3) is 0 Å². The molecule has 0 radical (unpaired) electrons. The summed E-state index contributed by atoms with van der Waals surface area (Å²) < 4.78 is 44.3. The fraction of sp³-hybridized carbons (Fsp3) is 0.440. The zero-order valence-corrected chi connectivity index (χ0v) is 20.9. The van der Waals surface area contributed by atoms with Gasteiger partial charge in [-0.1, -0.05) is 12.1 Å². The molecular formula is C25H30N2O7S. The van der Waals surface area contributed by atoms with E-state index in [2.05, 4.69) is 0 Å². The fourth-order valence-corrected chi connectivity index (χ4v) is 6.14. The molecule has 2 atom stereocenters. The van der Waals surface area contributed by atoms with Crippen LogP contribution in [0.3, 0.4) is 0 Å². The number of hydrogen-bond donors (Lipinski definition) is 0. The van der Waals surface area contributed by atoms with Crippen molar-refractivity contribution in [2.75, 3.05) is 38.3 Å². The van der Waals surface area contributed by atoms with Crippen molar-refractivity contribution in [3.63, 3.8) is 0 Å². The van der Waals surface area contributed by atoms with E-state index in [0.29, 0.717) is 43.2 Å². The minimum Gasteiger partial charge on any atom is -0.494 e. The molecule has 2 aromatic carbocycles. The number of para-hydroxylation sites is 2. The highest BCUT2D eigenvalue weighted by Crippen LogP contribution is 2.36. The summed E-state index contributed by atoms with van der Waals surface area (Å²) in [5, 5.41) is 0. The van der Waals surface area contributed by atoms with Gasteiger partial charge in [0.2, 0.25) is 22.0 Å². The fourth-order valence-electron chi connectivity index (χ4n) is 4.53. The van der Waals surface area contributed by atoms with E-state index >= 15 is 0 Å². The summed E-state index contributed by atoms with van der Waals surface area (Å²) in [6.45, 7) is 4.57. The molecule has 10 heteroatoms. The van der Waals surface area contributed by atoms with Gasteiger partial charge in [-0.2, -0.15) is 4.31 Å². The number of hydrogen-bond acceptors (Lipinski definition) is 7. The molecule has 4 rings (SSSR count). The second kappa shape index (κ2) is 10.2. The molecule has 188 valence electrons. The van der Waals surface area contributed by atoms with Gasteiger partial charge >= 0.3 is 5.97 Å². The molecule has 2 heterocycles. The summed E-state index contributed by atoms with van der Waals surface area (Å²) in [6, 6.07) is 11.8. The van der Waals surface area contributed by atoms with Crippen LogP contribution in [0.1, 0.15) is 25.3 Å². The molecule has 35 heavy (non-hydrogen) atoms. The number of nitrogens with zero attached hydrogens (tertiary/aromatic N) is 2. The molecule has 0 aromatic heterocycles. The van der Waals surface area contributed by atoms with Crippen LogP contribution in [0.4, 0.5) is 5.69 Å². The van der Waals surface area contributed by atoms with Gasteiger partial charge in [-0.3, -0.25) is 4.79 Å². The van der Waals surface area contributed by atoms with Crippen LogP contribution in [-0.2, 0) is 24.3 Å². The summed E-state index contributed by atoms with van der Waals surface area (Å²) in [4.78, 5) is 27.5. The quantitative estimate of drug-likeness (QED) is 0.560. The first-order valence-corrected chi connectivity index (χ1v) is 13.1. The number of sulfonamides is 1. The lowest BCUT2D eigenvalue weighted by molar-refractivity contribution is -0.148. The molecule has 0 spiro atoms. The second-order valence-electron chi connectivity index (χ2n) is 8.61. The van der Waals surface area contributed by atoms with Crippen LogP contribution in [-0.4, -0.2) is 64.1 Å². The Bertz CT molecular complexity index is 1210. The number of carbonyl (C=O) groups is 2. The van der Waals surface area contributed by atoms with Crippen LogP contribution in [0.5, 0.6) is 11.5 Å². The van der Waals surface area contributed by atoms with Gasteiger partial charge in [0.25, 0.3) is 0 Å². The van der Waals surface area contributed by atoms with Crippen LogP contribution < -0.4 is 14.4 Å². The van der Waals surface area contributed by atoms with Crippen molar-refractivity contribution >= 4 is 27.6 Å². The predicted octanol–water partition coefficient (Wildman–Crippen LogP) is 2.76. The topological polar surface area (TPSA) is 102 Å². The lowest BCUT2D eigenvalue weighted by Gasteiger charge is -2.38. The van der Waals surface area contributed by atoms with Gasteiger partial charge in [0, 0.05) is 13.1 Å². The van der Waals surface area contributed by atoms with Crippen LogP contribution in [0, 0.1) is 12.8 Å². The largest absolute Gasteiger partial charge is 0.494 e. The normalized spacial score (nSPS) is 20.5. The van der Waals surface area contributed by atoms with Crippen LogP contribution in [0.2, 0.25) is 0 Å². The Morgan fingerprint density at radius 2 is 1.91 bits per heavy atom. The van der Waals surface area contributed by atoms with Gasteiger partial charge in [-0.25, -0.2) is 13.2 Å². The molecule has 1 fully saturated rings. The second-order valence-corrected chi connectivity index (χ2v) is 10.5. The average Bonchev–Trinajstić information content (AvgIpc) is 2.88. The number of carbonyl (C=O) groups excluding carboxylic acids is 2. The zero-order valence-electron chi connectivity index (χ0n) is 20.1. The maximum Gasteiger partial charge on any atom is 0.348 e. The average molecular weight is 503 g/mol. The van der Waals surface area contributed by atoms with E-state index in [9.17, 15) is 18.0 Å². The number of rotatable bonds is 6. The maximum absolute atomic E-state index is 13.6. The summed E-state index contributed by atoms with van der Waals surface area (Å²) in [5.41, 5.74) is 1.29. The standard InChI is InChI=1S/C25H30N2O7S/c1-4-33-21-12-11-19(14-17(21)2)35(30,31)26-13-7-8-18(15-26)24(28)27-16-23(25(29)32-3)34-22-10-6-5-9-20(22)27/h5-6,9-12,14,18,23H,4,7-8,13,15-16H2,1-3H3/t18-,23-/m0/s1. The number of amides is 1. The van der Waals surface area contributed by atoms with Gasteiger partial charge in [0.15, 0.2) is 0 Å². The molecule has 0 aliphatic carbocycles. The van der Waals surface area contributed by atoms with E-state index in [1.165, 1.54) is 22.4 Å². The van der Waals surface area contributed by atoms with E-state index in [-0.39, 0.29) is 23.9 Å². The van der Waals surface area contributed by atoms with E-state index in [1.807, 2.05) is 6.92 Å². The van der Waals surface area contributed by atoms with Gasteiger partial charge < -0.3 is 19.1 Å². The predicted molar refractivity (Wildman–Crippen MR) is 129 cm³/mol. The van der Waals surface area contributed by atoms with E-state index < -0.39 is 28.0 Å². The number of benzene rings is 2. The molecule has 2 aliphatic rings. The van der Waals surface area contributed by atoms with Crippen LogP contribution in [0.15, 0.2) is 47.4 Å². The van der Waals surface area contributed by atoms with Crippen molar-refractivity contribution < 1.29 is 32.2 Å². The van der Waals surface area contributed by atoms with E-state index in [0.717, 1.165) is 5.56 Å². The Morgan fingerprint density at radius 1 is 1.14 bits per heavy atom. The highest BCUT2D eigenvalue weighted by molar-refractivity contribution is 7.89. The smallest absolute Gasteiger partial charge is 0.348 e. The zero-order chi connectivity index (χ0) is 25.2. The summed E-state index contributed by atoms with van der Waals surface area (Å²) in [7, 11) is -2.53. The van der Waals surface area contributed by atoms with Crippen LogP contribution >= 0.6 is 0 Å². The number of ether oxygens (including phenoxy) is 3. The highest BCUT2D eigenvalue weighted by Gasteiger charge is 2.40. The van der Waals surface area contributed by atoms with Crippen molar-refractivity contribution in [3.8, 4) is 11.5 Å². The van der Waals surface area contributed by atoms with Gasteiger partial charge in [0.1, 0.15) is 11.5 Å². The molecule has 1 saturated heterocycles. The first-order valence-electron chi connectivity index (χ1n) is 11.6. The highest BCUT2D eigenvalue weighted by atomic mass is 32.2. The van der Waals surface area contributed by atoms with Crippen molar-refractivity contribution in [1.29, 1.82) is 0 Å². The molecule has 0 unspecified atom stereocenters. The first kappa shape index (κ1) is 25.0. The Morgan fingerprint density at radius 3 is 2.63 bits per heavy atom. The number of aryl methyl sites for hydroxylation is 1. The first-order chi connectivity index (χ1) is 16.8. The third-order valence-corrected chi connectivity index (χ3v) is 8.18. The number of methoxy groups -OCH3 is 1.